The maximum atomic E-state index is 5.89. The Bertz CT molecular complexity index is 916. The largest absolute Gasteiger partial charge is 0.497 e. The summed E-state index contributed by atoms with van der Waals surface area (Å²) >= 11 is 3.50. The van der Waals surface area contributed by atoms with Crippen molar-refractivity contribution in [3.8, 4) is 17.1 Å². The molecule has 0 spiro atoms. The van der Waals surface area contributed by atoms with Crippen LogP contribution in [0.1, 0.15) is 30.2 Å². The van der Waals surface area contributed by atoms with E-state index in [2.05, 4.69) is 45.3 Å². The van der Waals surface area contributed by atoms with Crippen molar-refractivity contribution in [3.63, 3.8) is 0 Å². The number of aryl methyl sites for hydroxylation is 1. The fourth-order valence-electron chi connectivity index (χ4n) is 3.36. The lowest BCUT2D eigenvalue weighted by Crippen LogP contribution is -2.16. The van der Waals surface area contributed by atoms with Gasteiger partial charge in [-0.15, -0.1) is 21.5 Å². The lowest BCUT2D eigenvalue weighted by molar-refractivity contribution is 0.0953. The van der Waals surface area contributed by atoms with Gasteiger partial charge in [0.1, 0.15) is 5.75 Å². The normalized spacial score (nSPS) is 16.6. The minimum atomic E-state index is 0.246. The van der Waals surface area contributed by atoms with E-state index in [0.29, 0.717) is 0 Å². The molecule has 0 radical (unpaired) electrons. The van der Waals surface area contributed by atoms with Crippen LogP contribution in [0.4, 0.5) is 0 Å². The molecule has 1 aliphatic heterocycles. The Kier molecular flexibility index (Phi) is 6.34. The number of aromatic nitrogens is 3. The van der Waals surface area contributed by atoms with Crippen molar-refractivity contribution < 1.29 is 9.47 Å². The third kappa shape index (κ3) is 4.42. The van der Waals surface area contributed by atoms with Crippen molar-refractivity contribution in [2.75, 3.05) is 13.7 Å². The first-order valence-electron chi connectivity index (χ1n) is 9.65. The molecule has 3 aromatic rings. The van der Waals surface area contributed by atoms with E-state index in [4.69, 9.17) is 9.47 Å². The predicted octanol–water partition coefficient (Wildman–Crippen LogP) is 5.05. The van der Waals surface area contributed by atoms with E-state index >= 15 is 0 Å². The molecule has 28 heavy (non-hydrogen) atoms. The topological polar surface area (TPSA) is 49.2 Å². The second-order valence-electron chi connectivity index (χ2n) is 6.85. The average molecular weight is 416 g/mol. The van der Waals surface area contributed by atoms with Crippen LogP contribution in [0.3, 0.4) is 0 Å². The van der Waals surface area contributed by atoms with Crippen LogP contribution < -0.4 is 4.74 Å². The fraction of sp³-hybridized carbons (Fsp3) is 0.429. The van der Waals surface area contributed by atoms with Gasteiger partial charge in [0.25, 0.3) is 0 Å². The van der Waals surface area contributed by atoms with E-state index < -0.39 is 0 Å². The van der Waals surface area contributed by atoms with Crippen LogP contribution in [-0.4, -0.2) is 34.6 Å². The molecule has 3 heterocycles. The van der Waals surface area contributed by atoms with Crippen LogP contribution in [0.15, 0.2) is 40.9 Å². The highest BCUT2D eigenvalue weighted by Gasteiger charge is 2.22. The highest BCUT2D eigenvalue weighted by atomic mass is 32.2. The van der Waals surface area contributed by atoms with E-state index in [9.17, 15) is 0 Å². The third-order valence-corrected chi connectivity index (χ3v) is 7.01. The van der Waals surface area contributed by atoms with Crippen LogP contribution >= 0.6 is 23.1 Å². The first-order valence-corrected chi connectivity index (χ1v) is 11.5. The van der Waals surface area contributed by atoms with Crippen molar-refractivity contribution in [1.29, 1.82) is 0 Å². The molecule has 1 aliphatic rings. The zero-order valence-corrected chi connectivity index (χ0v) is 17.9. The Labute approximate surface area is 174 Å². The molecule has 0 bridgehead atoms. The maximum absolute atomic E-state index is 5.89. The Hall–Kier alpha value is -1.83. The lowest BCUT2D eigenvalue weighted by Gasteiger charge is -2.14. The van der Waals surface area contributed by atoms with E-state index in [1.807, 2.05) is 12.1 Å². The van der Waals surface area contributed by atoms with Crippen molar-refractivity contribution in [3.05, 3.63) is 46.2 Å². The standard InChI is InChI=1S/C21H25N3O2S2/c1-3-19-11-16(14-27-19)20-22-23-21(24(20)12-18-8-5-9-26-18)28-13-15-6-4-7-17(10-15)25-2/h4,6-7,10-11,14,18H,3,5,8-9,12-13H2,1-2H3. The van der Waals surface area contributed by atoms with Crippen molar-refractivity contribution >= 4 is 23.1 Å². The van der Waals surface area contributed by atoms with Gasteiger partial charge < -0.3 is 9.47 Å². The molecule has 1 aromatic carbocycles. The number of hydrogen-bond acceptors (Lipinski definition) is 6. The summed E-state index contributed by atoms with van der Waals surface area (Å²) in [6, 6.07) is 10.4. The molecule has 0 N–H and O–H groups in total. The number of methoxy groups -OCH3 is 1. The minimum absolute atomic E-state index is 0.246. The molecule has 0 aliphatic carbocycles. The first-order chi connectivity index (χ1) is 13.8. The number of ether oxygens (including phenoxy) is 2. The van der Waals surface area contributed by atoms with E-state index in [0.717, 1.165) is 60.5 Å². The number of nitrogens with zero attached hydrogens (tertiary/aromatic N) is 3. The number of thiophene rings is 1. The Morgan fingerprint density at radius 1 is 1.32 bits per heavy atom. The van der Waals surface area contributed by atoms with Crippen LogP contribution in [0, 0.1) is 0 Å². The molecule has 7 heteroatoms. The zero-order valence-electron chi connectivity index (χ0n) is 16.3. The van der Waals surface area contributed by atoms with Gasteiger partial charge in [-0.05, 0) is 43.0 Å². The summed E-state index contributed by atoms with van der Waals surface area (Å²) in [5.41, 5.74) is 2.36. The molecular formula is C21H25N3O2S2. The second-order valence-corrected chi connectivity index (χ2v) is 8.79. The van der Waals surface area contributed by atoms with Gasteiger partial charge in [0.2, 0.25) is 0 Å². The van der Waals surface area contributed by atoms with E-state index in [1.54, 1.807) is 30.2 Å². The summed E-state index contributed by atoms with van der Waals surface area (Å²) < 4.78 is 13.5. The smallest absolute Gasteiger partial charge is 0.191 e. The monoisotopic (exact) mass is 415 g/mol. The molecule has 0 amide bonds. The minimum Gasteiger partial charge on any atom is -0.497 e. The van der Waals surface area contributed by atoms with Gasteiger partial charge in [-0.3, -0.25) is 4.57 Å². The maximum Gasteiger partial charge on any atom is 0.191 e. The number of thioether (sulfide) groups is 1. The number of hydrogen-bond donors (Lipinski definition) is 0. The lowest BCUT2D eigenvalue weighted by atomic mass is 10.2. The fourth-order valence-corrected chi connectivity index (χ4v) is 5.06. The van der Waals surface area contributed by atoms with E-state index in [-0.39, 0.29) is 6.10 Å². The second kappa shape index (κ2) is 9.11. The van der Waals surface area contributed by atoms with Gasteiger partial charge in [0.05, 0.1) is 19.8 Å². The van der Waals surface area contributed by atoms with Gasteiger partial charge in [0.15, 0.2) is 11.0 Å². The molecule has 1 saturated heterocycles. The van der Waals surface area contributed by atoms with Crippen molar-refractivity contribution in [2.24, 2.45) is 0 Å². The summed E-state index contributed by atoms with van der Waals surface area (Å²) in [6.07, 6.45) is 3.52. The number of benzene rings is 1. The van der Waals surface area contributed by atoms with Crippen LogP contribution in [0.5, 0.6) is 5.75 Å². The van der Waals surface area contributed by atoms with E-state index in [1.165, 1.54) is 10.4 Å². The highest BCUT2D eigenvalue weighted by molar-refractivity contribution is 7.98. The molecule has 4 rings (SSSR count). The molecular weight excluding hydrogens is 390 g/mol. The van der Waals surface area contributed by atoms with Gasteiger partial charge >= 0.3 is 0 Å². The highest BCUT2D eigenvalue weighted by Crippen LogP contribution is 2.31. The summed E-state index contributed by atoms with van der Waals surface area (Å²) in [5.74, 6) is 2.65. The summed E-state index contributed by atoms with van der Waals surface area (Å²) in [4.78, 5) is 1.37. The molecule has 1 unspecified atom stereocenters. The Morgan fingerprint density at radius 2 is 2.25 bits per heavy atom. The van der Waals surface area contributed by atoms with Crippen LogP contribution in [0.25, 0.3) is 11.4 Å². The summed E-state index contributed by atoms with van der Waals surface area (Å²) in [6.45, 7) is 3.84. The Morgan fingerprint density at radius 3 is 3.00 bits per heavy atom. The van der Waals surface area contributed by atoms with Crippen LogP contribution in [-0.2, 0) is 23.5 Å². The van der Waals surface area contributed by atoms with Gasteiger partial charge in [-0.2, -0.15) is 0 Å². The molecule has 5 nitrogen and oxygen atoms in total. The Balaban J connectivity index is 1.58. The molecule has 0 saturated carbocycles. The summed E-state index contributed by atoms with van der Waals surface area (Å²) in [7, 11) is 1.70. The van der Waals surface area contributed by atoms with Gasteiger partial charge in [-0.25, -0.2) is 0 Å². The third-order valence-electron chi connectivity index (χ3n) is 4.89. The zero-order chi connectivity index (χ0) is 19.3. The summed E-state index contributed by atoms with van der Waals surface area (Å²) in [5, 5.41) is 12.2. The average Bonchev–Trinajstić information content (AvgIpc) is 3.48. The van der Waals surface area contributed by atoms with Gasteiger partial charge in [-0.1, -0.05) is 30.8 Å². The SMILES string of the molecule is CCc1cc(-c2nnc(SCc3cccc(OC)c3)n2CC2CCCO2)cs1. The molecule has 2 aromatic heterocycles. The molecule has 1 fully saturated rings. The predicted molar refractivity (Wildman–Crippen MR) is 114 cm³/mol. The van der Waals surface area contributed by atoms with Crippen molar-refractivity contribution in [1.82, 2.24) is 14.8 Å². The van der Waals surface area contributed by atoms with Gasteiger partial charge in [0, 0.05) is 28.2 Å². The molecule has 1 atom stereocenters. The quantitative estimate of drug-likeness (QED) is 0.482. The number of rotatable bonds is 8. The first kappa shape index (κ1) is 19.5. The van der Waals surface area contributed by atoms with Crippen molar-refractivity contribution in [2.45, 2.75) is 49.7 Å². The van der Waals surface area contributed by atoms with Crippen LogP contribution in [0.2, 0.25) is 0 Å². The molecule has 148 valence electrons.